The van der Waals surface area contributed by atoms with E-state index in [1.165, 1.54) is 16.3 Å². The highest BCUT2D eigenvalue weighted by atomic mass is 32.2. The third kappa shape index (κ3) is 2.96. The van der Waals surface area contributed by atoms with Crippen molar-refractivity contribution < 1.29 is 0 Å². The van der Waals surface area contributed by atoms with Gasteiger partial charge >= 0.3 is 0 Å². The van der Waals surface area contributed by atoms with Crippen LogP contribution in [0.2, 0.25) is 0 Å². The predicted octanol–water partition coefficient (Wildman–Crippen LogP) is 3.94. The van der Waals surface area contributed by atoms with E-state index in [9.17, 15) is 0 Å². The van der Waals surface area contributed by atoms with Crippen molar-refractivity contribution in [3.8, 4) is 0 Å². The molecule has 1 aliphatic heterocycles. The SMILES string of the molecule is CN=C1CC(C)(C)CC2=C1Sc1ncnc(N(C)C(C)C)c1N2. The fraction of sp³-hybridized carbons (Fsp3) is 0.588. The molecule has 5 nitrogen and oxygen atoms in total. The van der Waals surface area contributed by atoms with Crippen molar-refractivity contribution in [3.05, 3.63) is 16.9 Å². The van der Waals surface area contributed by atoms with Crippen molar-refractivity contribution in [3.63, 3.8) is 0 Å². The van der Waals surface area contributed by atoms with Gasteiger partial charge in [0.2, 0.25) is 0 Å². The number of hydrogen-bond donors (Lipinski definition) is 1. The summed E-state index contributed by atoms with van der Waals surface area (Å²) in [6, 6.07) is 0.381. The second-order valence-electron chi connectivity index (χ2n) is 7.30. The van der Waals surface area contributed by atoms with Crippen LogP contribution in [0.5, 0.6) is 0 Å². The van der Waals surface area contributed by atoms with Gasteiger partial charge in [0.15, 0.2) is 5.82 Å². The zero-order chi connectivity index (χ0) is 16.8. The van der Waals surface area contributed by atoms with Crippen molar-refractivity contribution in [2.45, 2.75) is 51.6 Å². The van der Waals surface area contributed by atoms with E-state index in [-0.39, 0.29) is 5.41 Å². The van der Waals surface area contributed by atoms with Crippen molar-refractivity contribution >= 4 is 29.0 Å². The van der Waals surface area contributed by atoms with Gasteiger partial charge in [0.05, 0.1) is 10.6 Å². The minimum Gasteiger partial charge on any atom is -0.355 e. The lowest BCUT2D eigenvalue weighted by atomic mass is 9.78. The third-order valence-electron chi connectivity index (χ3n) is 4.48. The van der Waals surface area contributed by atoms with Gasteiger partial charge in [-0.3, -0.25) is 4.99 Å². The summed E-state index contributed by atoms with van der Waals surface area (Å²) in [6.07, 6.45) is 3.69. The Labute approximate surface area is 142 Å². The molecule has 0 fully saturated rings. The van der Waals surface area contributed by atoms with Crippen LogP contribution in [-0.2, 0) is 0 Å². The summed E-state index contributed by atoms with van der Waals surface area (Å²) in [7, 11) is 3.96. The van der Waals surface area contributed by atoms with Gasteiger partial charge in [0.1, 0.15) is 17.0 Å². The van der Waals surface area contributed by atoms with Crippen LogP contribution in [0, 0.1) is 5.41 Å². The van der Waals surface area contributed by atoms with Crippen LogP contribution in [0.25, 0.3) is 0 Å². The zero-order valence-corrected chi connectivity index (χ0v) is 15.6. The first-order valence-electron chi connectivity index (χ1n) is 8.04. The number of aliphatic imine (C=N–C) groups is 1. The maximum atomic E-state index is 4.53. The summed E-state index contributed by atoms with van der Waals surface area (Å²) >= 11 is 1.73. The number of fused-ring (bicyclic) bond motifs is 1. The van der Waals surface area contributed by atoms with Gasteiger partial charge in [-0.15, -0.1) is 0 Å². The topological polar surface area (TPSA) is 53.4 Å². The maximum absolute atomic E-state index is 4.53. The first-order chi connectivity index (χ1) is 10.8. The molecule has 2 aliphatic rings. The van der Waals surface area contributed by atoms with Crippen molar-refractivity contribution in [2.75, 3.05) is 24.3 Å². The third-order valence-corrected chi connectivity index (χ3v) is 5.67. The number of anilines is 2. The second kappa shape index (κ2) is 5.82. The van der Waals surface area contributed by atoms with Crippen LogP contribution in [0.1, 0.15) is 40.5 Å². The Kier molecular flexibility index (Phi) is 4.12. The summed E-state index contributed by atoms with van der Waals surface area (Å²) in [6.45, 7) is 8.93. The molecule has 1 aromatic heterocycles. The standard InChI is InChI=1S/C17H25N5S/c1-10(2)22(6)15-13-16(20-9-19-15)23-14-11(18-5)7-17(3,4)8-12(14)21-13/h9-10,21H,7-8H2,1-6H3. The van der Waals surface area contributed by atoms with Crippen molar-refractivity contribution in [1.29, 1.82) is 0 Å². The normalized spacial score (nSPS) is 21.1. The molecule has 0 radical (unpaired) electrons. The van der Waals surface area contributed by atoms with Crippen molar-refractivity contribution in [1.82, 2.24) is 9.97 Å². The molecular weight excluding hydrogens is 306 g/mol. The fourth-order valence-corrected chi connectivity index (χ4v) is 4.10. The molecule has 2 heterocycles. The smallest absolute Gasteiger partial charge is 0.156 e. The van der Waals surface area contributed by atoms with E-state index in [4.69, 9.17) is 0 Å². The second-order valence-corrected chi connectivity index (χ2v) is 8.30. The number of nitrogens with zero attached hydrogens (tertiary/aromatic N) is 4. The molecule has 3 rings (SSSR count). The summed E-state index contributed by atoms with van der Waals surface area (Å²) < 4.78 is 0. The number of hydrogen-bond acceptors (Lipinski definition) is 6. The first-order valence-corrected chi connectivity index (χ1v) is 8.86. The average Bonchev–Trinajstić information content (AvgIpc) is 2.50. The lowest BCUT2D eigenvalue weighted by Crippen LogP contribution is -2.31. The van der Waals surface area contributed by atoms with Gasteiger partial charge in [-0.05, 0) is 32.1 Å². The summed E-state index contributed by atoms with van der Waals surface area (Å²) in [5.41, 5.74) is 3.68. The van der Waals surface area contributed by atoms with Crippen molar-refractivity contribution in [2.24, 2.45) is 10.4 Å². The number of aromatic nitrogens is 2. The Morgan fingerprint density at radius 3 is 2.70 bits per heavy atom. The Bertz CT molecular complexity index is 690. The van der Waals surface area contributed by atoms with E-state index < -0.39 is 0 Å². The lowest BCUT2D eigenvalue weighted by molar-refractivity contribution is 0.373. The zero-order valence-electron chi connectivity index (χ0n) is 14.8. The molecule has 0 bridgehead atoms. The summed E-state index contributed by atoms with van der Waals surface area (Å²) in [5, 5.41) is 4.62. The summed E-state index contributed by atoms with van der Waals surface area (Å²) in [5.74, 6) is 0.961. The molecule has 0 unspecified atom stereocenters. The number of rotatable bonds is 2. The van der Waals surface area contributed by atoms with E-state index >= 15 is 0 Å². The highest BCUT2D eigenvalue weighted by Crippen LogP contribution is 2.49. The maximum Gasteiger partial charge on any atom is 0.156 e. The number of thioether (sulfide) groups is 1. The van der Waals surface area contributed by atoms with E-state index in [1.54, 1.807) is 18.1 Å². The van der Waals surface area contributed by atoms with Gasteiger partial charge in [-0.25, -0.2) is 9.97 Å². The Morgan fingerprint density at radius 2 is 2.04 bits per heavy atom. The Balaban J connectivity index is 2.04. The van der Waals surface area contributed by atoms with E-state index in [0.717, 1.165) is 29.4 Å². The molecular formula is C17H25N5S. The highest BCUT2D eigenvalue weighted by molar-refractivity contribution is 8.04. The minimum atomic E-state index is 0.221. The number of allylic oxidation sites excluding steroid dienone is 2. The molecule has 124 valence electrons. The molecule has 0 spiro atoms. The average molecular weight is 331 g/mol. The van der Waals surface area contributed by atoms with E-state index in [0.29, 0.717) is 6.04 Å². The van der Waals surface area contributed by atoms with E-state index in [2.05, 4.69) is 59.9 Å². The highest BCUT2D eigenvalue weighted by Gasteiger charge is 2.36. The molecule has 0 amide bonds. The fourth-order valence-electron chi connectivity index (χ4n) is 3.04. The molecule has 1 N–H and O–H groups in total. The number of nitrogens with one attached hydrogen (secondary N) is 1. The van der Waals surface area contributed by atoms with Gasteiger partial charge in [0, 0.05) is 25.8 Å². The predicted molar refractivity (Wildman–Crippen MR) is 98.5 cm³/mol. The van der Waals surface area contributed by atoms with Crippen LogP contribution in [0.3, 0.4) is 0 Å². The van der Waals surface area contributed by atoms with E-state index in [1.807, 2.05) is 7.05 Å². The van der Waals surface area contributed by atoms with Gasteiger partial charge in [-0.2, -0.15) is 0 Å². The van der Waals surface area contributed by atoms with Crippen LogP contribution in [0.15, 0.2) is 26.9 Å². The molecule has 0 aromatic carbocycles. The quantitative estimate of drug-likeness (QED) is 0.832. The van der Waals surface area contributed by atoms with Crippen LogP contribution in [-0.4, -0.2) is 35.8 Å². The molecule has 0 saturated heterocycles. The molecule has 0 saturated carbocycles. The van der Waals surface area contributed by atoms with Gasteiger partial charge in [-0.1, -0.05) is 25.6 Å². The monoisotopic (exact) mass is 331 g/mol. The largest absolute Gasteiger partial charge is 0.355 e. The van der Waals surface area contributed by atoms with Gasteiger partial charge in [0.25, 0.3) is 0 Å². The van der Waals surface area contributed by atoms with Crippen LogP contribution in [0.4, 0.5) is 11.5 Å². The lowest BCUT2D eigenvalue weighted by Gasteiger charge is -2.37. The first kappa shape index (κ1) is 16.3. The van der Waals surface area contributed by atoms with Crippen LogP contribution < -0.4 is 10.2 Å². The molecule has 0 atom stereocenters. The molecule has 6 heteroatoms. The molecule has 1 aromatic rings. The van der Waals surface area contributed by atoms with Gasteiger partial charge < -0.3 is 10.2 Å². The Morgan fingerprint density at radius 1 is 1.30 bits per heavy atom. The Hall–Kier alpha value is -1.56. The van der Waals surface area contributed by atoms with Crippen LogP contribution >= 0.6 is 11.8 Å². The minimum absolute atomic E-state index is 0.221. The molecule has 23 heavy (non-hydrogen) atoms. The molecule has 1 aliphatic carbocycles. The summed E-state index contributed by atoms with van der Waals surface area (Å²) in [4.78, 5) is 17.0.